The largest absolute Gasteiger partial charge is 0.383 e. The van der Waals surface area contributed by atoms with Gasteiger partial charge in [-0.2, -0.15) is 8.42 Å². The highest BCUT2D eigenvalue weighted by atomic mass is 32.2. The molecule has 0 saturated heterocycles. The summed E-state index contributed by atoms with van der Waals surface area (Å²) in [5.74, 6) is 0.437. The zero-order valence-corrected chi connectivity index (χ0v) is 15.2. The number of benzene rings is 1. The van der Waals surface area contributed by atoms with Gasteiger partial charge in [-0.15, -0.1) is 0 Å². The lowest BCUT2D eigenvalue weighted by Gasteiger charge is -2.27. The van der Waals surface area contributed by atoms with Crippen molar-refractivity contribution in [2.24, 2.45) is 0 Å². The van der Waals surface area contributed by atoms with Crippen LogP contribution in [0.25, 0.3) is 0 Å². The lowest BCUT2D eigenvalue weighted by Crippen LogP contribution is -2.36. The summed E-state index contributed by atoms with van der Waals surface area (Å²) in [7, 11) is -3.52. The van der Waals surface area contributed by atoms with Gasteiger partial charge in [-0.1, -0.05) is 31.9 Å². The predicted molar refractivity (Wildman–Crippen MR) is 91.7 cm³/mol. The van der Waals surface area contributed by atoms with Gasteiger partial charge in [0.2, 0.25) is 5.91 Å². The van der Waals surface area contributed by atoms with Gasteiger partial charge in [0.15, 0.2) is 0 Å². The van der Waals surface area contributed by atoms with E-state index in [2.05, 4.69) is 6.92 Å². The number of unbranched alkanes of at least 4 members (excludes halogenated alkanes) is 2. The summed E-state index contributed by atoms with van der Waals surface area (Å²) in [5.41, 5.74) is 0.948. The van der Waals surface area contributed by atoms with E-state index in [-0.39, 0.29) is 17.7 Å². The van der Waals surface area contributed by atoms with Crippen LogP contribution in [0.4, 0.5) is 0 Å². The van der Waals surface area contributed by atoms with Crippen LogP contribution in [0.2, 0.25) is 0 Å². The standard InChI is InChI=1S/C17H27NO4S/c1-5-6-7-8-17(19)18(14(2)3)13-15-9-11-16(12-10-15)22-23(4,20)21/h9-12,14H,5-8,13H2,1-4H3. The average molecular weight is 341 g/mol. The highest BCUT2D eigenvalue weighted by molar-refractivity contribution is 7.86. The van der Waals surface area contributed by atoms with Crippen LogP contribution >= 0.6 is 0 Å². The van der Waals surface area contributed by atoms with Gasteiger partial charge in [0.25, 0.3) is 0 Å². The topological polar surface area (TPSA) is 63.7 Å². The molecule has 130 valence electrons. The van der Waals surface area contributed by atoms with Crippen molar-refractivity contribution in [2.45, 2.75) is 59.0 Å². The summed E-state index contributed by atoms with van der Waals surface area (Å²) in [4.78, 5) is 14.2. The normalized spacial score (nSPS) is 11.5. The van der Waals surface area contributed by atoms with Gasteiger partial charge >= 0.3 is 10.1 Å². The number of carbonyl (C=O) groups excluding carboxylic acids is 1. The maximum atomic E-state index is 12.3. The molecule has 5 nitrogen and oxygen atoms in total. The van der Waals surface area contributed by atoms with E-state index in [0.29, 0.717) is 13.0 Å². The summed E-state index contributed by atoms with van der Waals surface area (Å²) in [5, 5.41) is 0. The smallest absolute Gasteiger partial charge is 0.306 e. The van der Waals surface area contributed by atoms with Gasteiger partial charge < -0.3 is 9.08 Å². The number of carbonyl (C=O) groups is 1. The Kier molecular flexibility index (Phi) is 7.55. The van der Waals surface area contributed by atoms with Gasteiger partial charge in [-0.3, -0.25) is 4.79 Å². The molecule has 0 saturated carbocycles. The second-order valence-electron chi connectivity index (χ2n) is 6.00. The fraction of sp³-hybridized carbons (Fsp3) is 0.588. The van der Waals surface area contributed by atoms with Crippen molar-refractivity contribution >= 4 is 16.0 Å². The lowest BCUT2D eigenvalue weighted by atomic mass is 10.1. The Balaban J connectivity index is 2.71. The molecule has 0 fully saturated rings. The number of amides is 1. The molecule has 1 rings (SSSR count). The molecule has 0 heterocycles. The Morgan fingerprint density at radius 2 is 1.78 bits per heavy atom. The van der Waals surface area contributed by atoms with Crippen molar-refractivity contribution in [3.8, 4) is 5.75 Å². The fourth-order valence-corrected chi connectivity index (χ4v) is 2.71. The predicted octanol–water partition coefficient (Wildman–Crippen LogP) is 3.34. The van der Waals surface area contributed by atoms with Gasteiger partial charge in [-0.05, 0) is 38.0 Å². The van der Waals surface area contributed by atoms with Crippen LogP contribution < -0.4 is 4.18 Å². The molecule has 0 atom stereocenters. The highest BCUT2D eigenvalue weighted by Crippen LogP contribution is 2.17. The fourth-order valence-electron chi connectivity index (χ4n) is 2.25. The van der Waals surface area contributed by atoms with Gasteiger partial charge in [0.05, 0.1) is 6.26 Å². The van der Waals surface area contributed by atoms with E-state index in [4.69, 9.17) is 4.18 Å². The third-order valence-corrected chi connectivity index (χ3v) is 3.96. The molecule has 0 aliphatic rings. The van der Waals surface area contributed by atoms with E-state index in [9.17, 15) is 13.2 Å². The van der Waals surface area contributed by atoms with E-state index in [1.165, 1.54) is 0 Å². The number of hydrogen-bond acceptors (Lipinski definition) is 4. The Bertz CT molecular complexity index is 594. The summed E-state index contributed by atoms with van der Waals surface area (Å²) in [6.07, 6.45) is 4.66. The first-order chi connectivity index (χ1) is 10.7. The zero-order chi connectivity index (χ0) is 17.5. The van der Waals surface area contributed by atoms with Crippen LogP contribution in [0.1, 0.15) is 52.0 Å². The van der Waals surface area contributed by atoms with E-state index in [1.54, 1.807) is 24.3 Å². The van der Waals surface area contributed by atoms with Crippen molar-refractivity contribution in [1.82, 2.24) is 4.90 Å². The number of hydrogen-bond donors (Lipinski definition) is 0. The Morgan fingerprint density at radius 3 is 2.26 bits per heavy atom. The van der Waals surface area contributed by atoms with Crippen LogP contribution in [0, 0.1) is 0 Å². The molecule has 1 amide bonds. The lowest BCUT2D eigenvalue weighted by molar-refractivity contribution is -0.133. The van der Waals surface area contributed by atoms with E-state index in [1.807, 2.05) is 18.7 Å². The SMILES string of the molecule is CCCCCC(=O)N(Cc1ccc(OS(C)(=O)=O)cc1)C(C)C. The maximum absolute atomic E-state index is 12.3. The molecule has 6 heteroatoms. The quantitative estimate of drug-likeness (QED) is 0.510. The monoisotopic (exact) mass is 341 g/mol. The minimum absolute atomic E-state index is 0.121. The van der Waals surface area contributed by atoms with Crippen molar-refractivity contribution in [3.63, 3.8) is 0 Å². The van der Waals surface area contributed by atoms with Gasteiger partial charge in [0.1, 0.15) is 5.75 Å². The molecular weight excluding hydrogens is 314 g/mol. The van der Waals surface area contributed by atoms with Gasteiger partial charge in [0, 0.05) is 19.0 Å². The molecule has 1 aromatic rings. The molecule has 0 N–H and O–H groups in total. The summed E-state index contributed by atoms with van der Waals surface area (Å²) < 4.78 is 27.0. The van der Waals surface area contributed by atoms with Crippen LogP contribution in [-0.4, -0.2) is 31.5 Å². The molecule has 0 aliphatic heterocycles. The molecule has 0 bridgehead atoms. The summed E-state index contributed by atoms with van der Waals surface area (Å²) >= 11 is 0. The summed E-state index contributed by atoms with van der Waals surface area (Å²) in [6, 6.07) is 6.91. The zero-order valence-electron chi connectivity index (χ0n) is 14.4. The van der Waals surface area contributed by atoms with E-state index in [0.717, 1.165) is 31.1 Å². The van der Waals surface area contributed by atoms with Crippen LogP contribution in [0.5, 0.6) is 5.75 Å². The Hall–Kier alpha value is -1.56. The Labute approximate surface area is 139 Å². The minimum atomic E-state index is -3.52. The van der Waals surface area contributed by atoms with Crippen molar-refractivity contribution in [2.75, 3.05) is 6.26 Å². The number of rotatable bonds is 9. The maximum Gasteiger partial charge on any atom is 0.306 e. The third kappa shape index (κ3) is 7.50. The summed E-state index contributed by atoms with van der Waals surface area (Å²) in [6.45, 7) is 6.63. The molecular formula is C17H27NO4S. The third-order valence-electron chi connectivity index (χ3n) is 3.46. The molecule has 0 aromatic heterocycles. The molecule has 0 spiro atoms. The van der Waals surface area contributed by atoms with Crippen molar-refractivity contribution < 1.29 is 17.4 Å². The Morgan fingerprint density at radius 1 is 1.17 bits per heavy atom. The first-order valence-electron chi connectivity index (χ1n) is 8.00. The molecule has 23 heavy (non-hydrogen) atoms. The minimum Gasteiger partial charge on any atom is -0.383 e. The van der Waals surface area contributed by atoms with E-state index < -0.39 is 10.1 Å². The average Bonchev–Trinajstić information content (AvgIpc) is 2.44. The number of nitrogens with zero attached hydrogens (tertiary/aromatic N) is 1. The molecule has 0 unspecified atom stereocenters. The van der Waals surface area contributed by atoms with Crippen molar-refractivity contribution in [3.05, 3.63) is 29.8 Å². The van der Waals surface area contributed by atoms with E-state index >= 15 is 0 Å². The highest BCUT2D eigenvalue weighted by Gasteiger charge is 2.17. The first kappa shape index (κ1) is 19.5. The molecule has 0 aliphatic carbocycles. The van der Waals surface area contributed by atoms with Crippen molar-refractivity contribution in [1.29, 1.82) is 0 Å². The van der Waals surface area contributed by atoms with Crippen LogP contribution in [0.3, 0.4) is 0 Å². The molecule has 0 radical (unpaired) electrons. The van der Waals surface area contributed by atoms with Crippen LogP contribution in [-0.2, 0) is 21.5 Å². The second kappa shape index (κ2) is 8.91. The molecule has 1 aromatic carbocycles. The van der Waals surface area contributed by atoms with Crippen LogP contribution in [0.15, 0.2) is 24.3 Å². The van der Waals surface area contributed by atoms with Gasteiger partial charge in [-0.25, -0.2) is 0 Å². The second-order valence-corrected chi connectivity index (χ2v) is 7.58. The first-order valence-corrected chi connectivity index (χ1v) is 9.82.